The normalized spacial score (nSPS) is 12.0. The number of nitrogens with one attached hydrogen (secondary N) is 3. The quantitative estimate of drug-likeness (QED) is 0.452. The van der Waals surface area contributed by atoms with Crippen molar-refractivity contribution in [2.24, 2.45) is 0 Å². The second-order valence-electron chi connectivity index (χ2n) is 6.99. The first-order valence-electron chi connectivity index (χ1n) is 9.56. The van der Waals surface area contributed by atoms with E-state index >= 15 is 0 Å². The molecule has 0 radical (unpaired) electrons. The Hall–Kier alpha value is -2.43. The third kappa shape index (κ3) is 7.43. The zero-order valence-electron chi connectivity index (χ0n) is 17.0. The van der Waals surface area contributed by atoms with Gasteiger partial charge in [-0.3, -0.25) is 9.52 Å². The van der Waals surface area contributed by atoms with Crippen molar-refractivity contribution in [2.75, 3.05) is 16.6 Å². The molecule has 8 nitrogen and oxygen atoms in total. The van der Waals surface area contributed by atoms with Crippen molar-refractivity contribution in [3.05, 3.63) is 54.6 Å². The Labute approximate surface area is 178 Å². The molecular formula is C20H27N3O5S2. The van der Waals surface area contributed by atoms with Gasteiger partial charge >= 0.3 is 0 Å². The Bertz CT molecular complexity index is 1040. The molecule has 0 aliphatic carbocycles. The summed E-state index contributed by atoms with van der Waals surface area (Å²) in [6.07, 6.45) is 1.35. The number of rotatable bonds is 11. The summed E-state index contributed by atoms with van der Waals surface area (Å²) >= 11 is 0. The van der Waals surface area contributed by atoms with Gasteiger partial charge in [0.25, 0.3) is 10.0 Å². The van der Waals surface area contributed by atoms with Crippen molar-refractivity contribution < 1.29 is 21.6 Å². The molecule has 0 fully saturated rings. The SMILES string of the molecule is CC(C)S(=O)(=O)NCCCCC(=O)Nc1ccc(NS(=O)(=O)c2ccccc2)cc1. The highest BCUT2D eigenvalue weighted by atomic mass is 32.2. The maximum absolute atomic E-state index is 12.3. The standard InChI is InChI=1S/C20H27N3O5S2/c1-16(2)29(25,26)21-15-7-6-10-20(24)22-17-11-13-18(14-12-17)23-30(27,28)19-8-4-3-5-9-19/h3-5,8-9,11-14,16,21,23H,6-7,10,15H2,1-2H3,(H,22,24). The summed E-state index contributed by atoms with van der Waals surface area (Å²) in [5.41, 5.74) is 0.928. The molecule has 164 valence electrons. The third-order valence-electron chi connectivity index (χ3n) is 4.23. The predicted molar refractivity (Wildman–Crippen MR) is 118 cm³/mol. The second-order valence-corrected chi connectivity index (χ2v) is 11.0. The van der Waals surface area contributed by atoms with Gasteiger partial charge < -0.3 is 5.32 Å². The van der Waals surface area contributed by atoms with Gasteiger partial charge in [0, 0.05) is 24.3 Å². The number of unbranched alkanes of at least 4 members (excludes halogenated alkanes) is 1. The Morgan fingerprint density at radius 1 is 0.867 bits per heavy atom. The van der Waals surface area contributed by atoms with Gasteiger partial charge in [-0.25, -0.2) is 21.6 Å². The monoisotopic (exact) mass is 453 g/mol. The fourth-order valence-electron chi connectivity index (χ4n) is 2.45. The van der Waals surface area contributed by atoms with E-state index < -0.39 is 25.3 Å². The molecule has 30 heavy (non-hydrogen) atoms. The van der Waals surface area contributed by atoms with Crippen LogP contribution in [0.5, 0.6) is 0 Å². The molecule has 0 aliphatic heterocycles. The Kier molecular flexibility index (Phi) is 8.39. The summed E-state index contributed by atoms with van der Waals surface area (Å²) < 4.78 is 52.9. The van der Waals surface area contributed by atoms with Crippen LogP contribution in [0, 0.1) is 0 Å². The molecule has 2 rings (SSSR count). The van der Waals surface area contributed by atoms with Crippen molar-refractivity contribution in [1.29, 1.82) is 0 Å². The highest BCUT2D eigenvalue weighted by Gasteiger charge is 2.15. The van der Waals surface area contributed by atoms with Crippen molar-refractivity contribution in [3.8, 4) is 0 Å². The summed E-state index contributed by atoms with van der Waals surface area (Å²) in [5, 5.41) is 2.25. The van der Waals surface area contributed by atoms with Gasteiger partial charge in [0.2, 0.25) is 15.9 Å². The number of anilines is 2. The van der Waals surface area contributed by atoms with Crippen molar-refractivity contribution >= 4 is 37.3 Å². The lowest BCUT2D eigenvalue weighted by atomic mass is 10.2. The van der Waals surface area contributed by atoms with Gasteiger partial charge in [0.05, 0.1) is 10.1 Å². The van der Waals surface area contributed by atoms with Crippen LogP contribution in [0.1, 0.15) is 33.1 Å². The maximum atomic E-state index is 12.3. The number of carbonyl (C=O) groups is 1. The molecule has 10 heteroatoms. The van der Waals surface area contributed by atoms with Gasteiger partial charge in [-0.15, -0.1) is 0 Å². The van der Waals surface area contributed by atoms with E-state index in [9.17, 15) is 21.6 Å². The Morgan fingerprint density at radius 3 is 2.07 bits per heavy atom. The highest BCUT2D eigenvalue weighted by Crippen LogP contribution is 2.18. The van der Waals surface area contributed by atoms with Crippen LogP contribution in [0.25, 0.3) is 0 Å². The van der Waals surface area contributed by atoms with E-state index in [0.717, 1.165) is 0 Å². The van der Waals surface area contributed by atoms with E-state index in [2.05, 4.69) is 14.8 Å². The number of carbonyl (C=O) groups excluding carboxylic acids is 1. The minimum atomic E-state index is -3.67. The Balaban J connectivity index is 1.78. The average Bonchev–Trinajstić information content (AvgIpc) is 2.69. The van der Waals surface area contributed by atoms with Crippen LogP contribution in [0.15, 0.2) is 59.5 Å². The number of amides is 1. The number of hydrogen-bond donors (Lipinski definition) is 3. The van der Waals surface area contributed by atoms with Crippen LogP contribution in [0.2, 0.25) is 0 Å². The van der Waals surface area contributed by atoms with Gasteiger partial charge in [-0.1, -0.05) is 18.2 Å². The summed E-state index contributed by atoms with van der Waals surface area (Å²) in [5.74, 6) is -0.195. The lowest BCUT2D eigenvalue weighted by molar-refractivity contribution is -0.116. The minimum absolute atomic E-state index is 0.165. The van der Waals surface area contributed by atoms with Crippen LogP contribution in [-0.2, 0) is 24.8 Å². The van der Waals surface area contributed by atoms with Crippen molar-refractivity contribution in [1.82, 2.24) is 4.72 Å². The van der Waals surface area contributed by atoms with Crippen LogP contribution in [0.3, 0.4) is 0 Å². The molecule has 1 amide bonds. The second kappa shape index (κ2) is 10.6. The van der Waals surface area contributed by atoms with Crippen molar-refractivity contribution in [2.45, 2.75) is 43.3 Å². The lowest BCUT2D eigenvalue weighted by Crippen LogP contribution is -2.31. The molecule has 0 saturated carbocycles. The molecule has 0 aliphatic rings. The van der Waals surface area contributed by atoms with E-state index in [-0.39, 0.29) is 17.2 Å². The van der Waals surface area contributed by atoms with E-state index in [1.165, 1.54) is 12.1 Å². The van der Waals surface area contributed by atoms with Gasteiger partial charge in [-0.2, -0.15) is 0 Å². The molecule has 0 saturated heterocycles. The molecule has 0 heterocycles. The third-order valence-corrected chi connectivity index (χ3v) is 7.47. The summed E-state index contributed by atoms with van der Waals surface area (Å²) in [6, 6.07) is 14.4. The molecule has 0 bridgehead atoms. The molecule has 0 unspecified atom stereocenters. The number of benzene rings is 2. The van der Waals surface area contributed by atoms with Crippen LogP contribution >= 0.6 is 0 Å². The zero-order chi connectivity index (χ0) is 22.2. The number of hydrogen-bond acceptors (Lipinski definition) is 5. The first-order chi connectivity index (χ1) is 14.1. The molecule has 2 aromatic rings. The fourth-order valence-corrected chi connectivity index (χ4v) is 4.29. The molecule has 0 aromatic heterocycles. The largest absolute Gasteiger partial charge is 0.326 e. The molecule has 0 spiro atoms. The molecule has 0 atom stereocenters. The predicted octanol–water partition coefficient (Wildman–Crippen LogP) is 2.92. The van der Waals surface area contributed by atoms with E-state index in [1.807, 2.05) is 0 Å². The van der Waals surface area contributed by atoms with Gasteiger partial charge in [-0.05, 0) is 63.1 Å². The summed E-state index contributed by atoms with van der Waals surface area (Å²) in [4.78, 5) is 12.2. The van der Waals surface area contributed by atoms with E-state index in [4.69, 9.17) is 0 Å². The fraction of sp³-hybridized carbons (Fsp3) is 0.350. The summed E-state index contributed by atoms with van der Waals surface area (Å²) in [7, 11) is -6.95. The zero-order valence-corrected chi connectivity index (χ0v) is 18.6. The number of sulfonamides is 2. The van der Waals surface area contributed by atoms with E-state index in [1.54, 1.807) is 56.3 Å². The lowest BCUT2D eigenvalue weighted by Gasteiger charge is -2.10. The maximum Gasteiger partial charge on any atom is 0.261 e. The minimum Gasteiger partial charge on any atom is -0.326 e. The van der Waals surface area contributed by atoms with Crippen LogP contribution < -0.4 is 14.8 Å². The van der Waals surface area contributed by atoms with E-state index in [0.29, 0.717) is 30.8 Å². The molecule has 3 N–H and O–H groups in total. The molecule has 2 aromatic carbocycles. The van der Waals surface area contributed by atoms with Gasteiger partial charge in [0.15, 0.2) is 0 Å². The first-order valence-corrected chi connectivity index (χ1v) is 12.6. The van der Waals surface area contributed by atoms with Gasteiger partial charge in [0.1, 0.15) is 0 Å². The highest BCUT2D eigenvalue weighted by molar-refractivity contribution is 7.92. The smallest absolute Gasteiger partial charge is 0.261 e. The van der Waals surface area contributed by atoms with Crippen LogP contribution in [0.4, 0.5) is 11.4 Å². The average molecular weight is 454 g/mol. The summed E-state index contributed by atoms with van der Waals surface area (Å²) in [6.45, 7) is 3.51. The first kappa shape index (κ1) is 23.8. The Morgan fingerprint density at radius 2 is 1.47 bits per heavy atom. The topological polar surface area (TPSA) is 121 Å². The molecular weight excluding hydrogens is 426 g/mol. The van der Waals surface area contributed by atoms with Crippen molar-refractivity contribution in [3.63, 3.8) is 0 Å². The van der Waals surface area contributed by atoms with Crippen LogP contribution in [-0.4, -0.2) is 34.5 Å².